The highest BCUT2D eigenvalue weighted by Gasteiger charge is 2.39. The Morgan fingerprint density at radius 1 is 1.19 bits per heavy atom. The van der Waals surface area contributed by atoms with Crippen molar-refractivity contribution in [3.8, 4) is 0 Å². The number of hydrogen-bond acceptors (Lipinski definition) is 6. The summed E-state index contributed by atoms with van der Waals surface area (Å²) in [5.41, 5.74) is 2.64. The molecule has 2 aromatic rings. The number of allylic oxidation sites excluding steroid dienone is 1. The lowest BCUT2D eigenvalue weighted by atomic mass is 9.96. The van der Waals surface area contributed by atoms with Gasteiger partial charge in [-0.05, 0) is 49.4 Å². The smallest absolute Gasteiger partial charge is 0.312 e. The molecule has 0 aliphatic heterocycles. The van der Waals surface area contributed by atoms with Crippen LogP contribution in [0.4, 0.5) is 0 Å². The molecule has 0 saturated heterocycles. The Labute approximate surface area is 214 Å². The van der Waals surface area contributed by atoms with Crippen molar-refractivity contribution in [1.29, 1.82) is 0 Å². The Bertz CT molecular complexity index is 1120. The van der Waals surface area contributed by atoms with Crippen molar-refractivity contribution in [1.82, 2.24) is 4.72 Å². The van der Waals surface area contributed by atoms with E-state index >= 15 is 0 Å². The van der Waals surface area contributed by atoms with E-state index in [-0.39, 0.29) is 11.3 Å². The van der Waals surface area contributed by atoms with Gasteiger partial charge in [0.25, 0.3) is 0 Å². The zero-order chi connectivity index (χ0) is 26.1. The van der Waals surface area contributed by atoms with Gasteiger partial charge in [-0.3, -0.25) is 4.79 Å². The molecule has 7 nitrogen and oxygen atoms in total. The molecule has 2 N–H and O–H groups in total. The number of aliphatic hydroxyl groups is 1. The summed E-state index contributed by atoms with van der Waals surface area (Å²) in [6, 6.07) is 13.3. The number of fused-ring (bicyclic) bond motifs is 1. The number of benzene rings is 2. The number of aliphatic hydroxyl groups excluding tert-OH is 1. The first kappa shape index (κ1) is 28.1. The first-order valence-electron chi connectivity index (χ1n) is 12.5. The van der Waals surface area contributed by atoms with Crippen LogP contribution >= 0.6 is 0 Å². The summed E-state index contributed by atoms with van der Waals surface area (Å²) in [7, 11) is -3.86. The molecule has 0 bridgehead atoms. The van der Waals surface area contributed by atoms with E-state index in [0.29, 0.717) is 26.1 Å². The summed E-state index contributed by atoms with van der Waals surface area (Å²) in [6.07, 6.45) is 2.76. The van der Waals surface area contributed by atoms with Crippen LogP contribution in [-0.2, 0) is 30.7 Å². The number of aryl methyl sites for hydroxylation is 1. The first-order valence-corrected chi connectivity index (χ1v) is 14.0. The summed E-state index contributed by atoms with van der Waals surface area (Å²) in [6.45, 7) is 8.63. The van der Waals surface area contributed by atoms with Gasteiger partial charge in [-0.15, -0.1) is 6.58 Å². The van der Waals surface area contributed by atoms with Gasteiger partial charge < -0.3 is 14.6 Å². The highest BCUT2D eigenvalue weighted by atomic mass is 32.2. The van der Waals surface area contributed by atoms with Crippen LogP contribution in [0.15, 0.2) is 66.1 Å². The zero-order valence-corrected chi connectivity index (χ0v) is 21.9. The lowest BCUT2D eigenvalue weighted by Crippen LogP contribution is -2.39. The van der Waals surface area contributed by atoms with Crippen LogP contribution in [-0.4, -0.2) is 44.9 Å². The molecule has 1 aliphatic rings. The minimum Gasteiger partial charge on any atom is -0.460 e. The highest BCUT2D eigenvalue weighted by molar-refractivity contribution is 7.89. The molecule has 2 aromatic carbocycles. The molecule has 0 fully saturated rings. The first-order chi connectivity index (χ1) is 17.3. The second-order valence-electron chi connectivity index (χ2n) is 9.24. The number of unbranched alkanes of at least 4 members (excludes halogenated alkanes) is 1. The molecule has 0 aromatic heterocycles. The van der Waals surface area contributed by atoms with Gasteiger partial charge >= 0.3 is 5.97 Å². The number of sulfonamides is 1. The molecule has 0 saturated carbocycles. The van der Waals surface area contributed by atoms with Crippen molar-refractivity contribution in [2.24, 2.45) is 5.92 Å². The van der Waals surface area contributed by atoms with Gasteiger partial charge in [-0.2, -0.15) is 4.72 Å². The molecule has 0 unspecified atom stereocenters. The summed E-state index contributed by atoms with van der Waals surface area (Å²) >= 11 is 0. The SMILES string of the molecule is C=CC[C@@H](C(=O)O[C@H]1Cc2ccccc2[C@H]1NS(=O)(=O)c1ccc(C)cc1)[C@@H](O)CCOCCCC. The quantitative estimate of drug-likeness (QED) is 0.222. The van der Waals surface area contributed by atoms with Crippen molar-refractivity contribution in [3.63, 3.8) is 0 Å². The summed E-state index contributed by atoms with van der Waals surface area (Å²) < 4.78 is 40.5. The third-order valence-electron chi connectivity index (χ3n) is 6.45. The number of carbonyl (C=O) groups excluding carboxylic acids is 1. The molecular weight excluding hydrogens is 478 g/mol. The molecular formula is C28H37NO6S. The number of hydrogen-bond donors (Lipinski definition) is 2. The average Bonchev–Trinajstić information content (AvgIpc) is 3.18. The Hall–Kier alpha value is -2.52. The molecule has 4 atom stereocenters. The Morgan fingerprint density at radius 2 is 1.92 bits per heavy atom. The number of nitrogens with one attached hydrogen (secondary N) is 1. The minimum atomic E-state index is -3.86. The average molecular weight is 516 g/mol. The van der Waals surface area contributed by atoms with Gasteiger partial charge in [0.05, 0.1) is 23.0 Å². The van der Waals surface area contributed by atoms with Crippen molar-refractivity contribution in [2.75, 3.05) is 13.2 Å². The van der Waals surface area contributed by atoms with Crippen LogP contribution in [0.5, 0.6) is 0 Å². The van der Waals surface area contributed by atoms with Gasteiger partial charge in [0.15, 0.2) is 0 Å². The van der Waals surface area contributed by atoms with Gasteiger partial charge in [0, 0.05) is 19.6 Å². The van der Waals surface area contributed by atoms with E-state index in [4.69, 9.17) is 9.47 Å². The molecule has 3 rings (SSSR count). The molecule has 196 valence electrons. The lowest BCUT2D eigenvalue weighted by Gasteiger charge is -2.26. The predicted octanol–water partition coefficient (Wildman–Crippen LogP) is 4.24. The molecule has 8 heteroatoms. The van der Waals surface area contributed by atoms with Crippen molar-refractivity contribution < 1.29 is 27.8 Å². The second kappa shape index (κ2) is 13.1. The minimum absolute atomic E-state index is 0.144. The van der Waals surface area contributed by atoms with Crippen LogP contribution in [0.3, 0.4) is 0 Å². The number of rotatable bonds is 14. The fourth-order valence-electron chi connectivity index (χ4n) is 4.34. The van der Waals surface area contributed by atoms with E-state index in [0.717, 1.165) is 29.5 Å². The maximum Gasteiger partial charge on any atom is 0.312 e. The van der Waals surface area contributed by atoms with Crippen LogP contribution < -0.4 is 4.72 Å². The molecule has 36 heavy (non-hydrogen) atoms. The standard InChI is InChI=1S/C28H37NO6S/c1-4-6-17-34-18-16-25(30)24(9-5-2)28(31)35-26-19-21-10-7-8-11-23(21)27(26)29-36(32,33)22-14-12-20(3)13-15-22/h5,7-8,10-15,24-27,29-30H,2,4,6,9,16-19H2,1,3H3/t24-,25+,26+,27-/m1/s1. The lowest BCUT2D eigenvalue weighted by molar-refractivity contribution is -0.159. The monoisotopic (exact) mass is 515 g/mol. The summed E-state index contributed by atoms with van der Waals surface area (Å²) in [5.74, 6) is -1.39. The van der Waals surface area contributed by atoms with E-state index in [1.54, 1.807) is 30.3 Å². The van der Waals surface area contributed by atoms with Gasteiger partial charge in [-0.25, -0.2) is 8.42 Å². The van der Waals surface area contributed by atoms with Gasteiger partial charge in [-0.1, -0.05) is 61.4 Å². The van der Waals surface area contributed by atoms with Crippen LogP contribution in [0.25, 0.3) is 0 Å². The number of esters is 1. The Balaban J connectivity index is 1.74. The molecule has 0 radical (unpaired) electrons. The van der Waals surface area contributed by atoms with E-state index in [1.807, 2.05) is 31.2 Å². The van der Waals surface area contributed by atoms with Crippen LogP contribution in [0, 0.1) is 12.8 Å². The molecule has 0 spiro atoms. The fourth-order valence-corrected chi connectivity index (χ4v) is 5.58. The number of carbonyl (C=O) groups is 1. The van der Waals surface area contributed by atoms with E-state index in [2.05, 4.69) is 18.2 Å². The zero-order valence-electron chi connectivity index (χ0n) is 21.1. The van der Waals surface area contributed by atoms with Crippen molar-refractivity contribution in [3.05, 3.63) is 77.9 Å². The normalized spacial score (nSPS) is 18.9. The fraction of sp³-hybridized carbons (Fsp3) is 0.464. The van der Waals surface area contributed by atoms with E-state index < -0.39 is 40.2 Å². The Kier molecular flexibility index (Phi) is 10.2. The summed E-state index contributed by atoms with van der Waals surface area (Å²) in [4.78, 5) is 13.3. The second-order valence-corrected chi connectivity index (χ2v) is 11.0. The maximum atomic E-state index is 13.2. The summed E-state index contributed by atoms with van der Waals surface area (Å²) in [5, 5.41) is 10.7. The predicted molar refractivity (Wildman–Crippen MR) is 139 cm³/mol. The van der Waals surface area contributed by atoms with Crippen molar-refractivity contribution >= 4 is 16.0 Å². The van der Waals surface area contributed by atoms with Crippen LogP contribution in [0.1, 0.15) is 55.3 Å². The van der Waals surface area contributed by atoms with Gasteiger partial charge in [0.1, 0.15) is 6.10 Å². The van der Waals surface area contributed by atoms with E-state index in [9.17, 15) is 18.3 Å². The van der Waals surface area contributed by atoms with Crippen molar-refractivity contribution in [2.45, 2.75) is 69.1 Å². The van der Waals surface area contributed by atoms with E-state index in [1.165, 1.54) is 0 Å². The third-order valence-corrected chi connectivity index (χ3v) is 7.91. The maximum absolute atomic E-state index is 13.2. The third kappa shape index (κ3) is 7.26. The molecule has 1 aliphatic carbocycles. The highest BCUT2D eigenvalue weighted by Crippen LogP contribution is 2.35. The topological polar surface area (TPSA) is 102 Å². The molecule has 0 heterocycles. The van der Waals surface area contributed by atoms with Gasteiger partial charge in [0.2, 0.25) is 10.0 Å². The molecule has 0 amide bonds. The van der Waals surface area contributed by atoms with Crippen LogP contribution in [0.2, 0.25) is 0 Å². The largest absolute Gasteiger partial charge is 0.460 e. The Morgan fingerprint density at radius 3 is 2.61 bits per heavy atom. The number of ether oxygens (including phenoxy) is 2.